The maximum Gasteiger partial charge on any atom is 0.358 e. The molecular formula is C12H11ClN4O4. The summed E-state index contributed by atoms with van der Waals surface area (Å²) >= 11 is 5.76. The maximum atomic E-state index is 11.1. The maximum absolute atomic E-state index is 11.1. The van der Waals surface area contributed by atoms with Gasteiger partial charge in [-0.25, -0.2) is 9.48 Å². The number of halogens is 1. The highest BCUT2D eigenvalue weighted by Crippen LogP contribution is 2.27. The molecule has 9 heteroatoms. The minimum Gasteiger partial charge on any atom is -0.476 e. The summed E-state index contributed by atoms with van der Waals surface area (Å²) in [5.41, 5.74) is -0.0222. The Morgan fingerprint density at radius 1 is 1.52 bits per heavy atom. The second-order valence-electron chi connectivity index (χ2n) is 4.24. The van der Waals surface area contributed by atoms with E-state index in [2.05, 4.69) is 10.3 Å². The van der Waals surface area contributed by atoms with Gasteiger partial charge >= 0.3 is 5.97 Å². The van der Waals surface area contributed by atoms with Crippen LogP contribution < -0.4 is 0 Å². The third-order valence-corrected chi connectivity index (χ3v) is 3.05. The van der Waals surface area contributed by atoms with Gasteiger partial charge in [-0.15, -0.1) is 5.10 Å². The topological polar surface area (TPSA) is 111 Å². The van der Waals surface area contributed by atoms with Crippen LogP contribution in [0.2, 0.25) is 5.02 Å². The van der Waals surface area contributed by atoms with Gasteiger partial charge in [-0.3, -0.25) is 10.1 Å². The molecule has 0 unspecified atom stereocenters. The van der Waals surface area contributed by atoms with Crippen LogP contribution in [-0.2, 0) is 6.42 Å². The molecule has 0 aliphatic rings. The van der Waals surface area contributed by atoms with E-state index in [0.717, 1.165) is 0 Å². The first-order chi connectivity index (χ1) is 9.95. The summed E-state index contributed by atoms with van der Waals surface area (Å²) in [6.45, 7) is 1.86. The van der Waals surface area contributed by atoms with Crippen LogP contribution in [0.1, 0.15) is 29.5 Å². The molecule has 0 bridgehead atoms. The van der Waals surface area contributed by atoms with E-state index in [9.17, 15) is 14.9 Å². The van der Waals surface area contributed by atoms with Crippen LogP contribution in [0.3, 0.4) is 0 Å². The number of nitro groups is 1. The molecule has 0 aliphatic heterocycles. The number of carboxylic acids is 1. The normalized spacial score (nSPS) is 10.6. The number of rotatable bonds is 5. The zero-order valence-corrected chi connectivity index (χ0v) is 11.7. The van der Waals surface area contributed by atoms with Crippen molar-refractivity contribution >= 4 is 23.3 Å². The summed E-state index contributed by atoms with van der Waals surface area (Å²) in [5.74, 6) is -1.22. The largest absolute Gasteiger partial charge is 0.476 e. The van der Waals surface area contributed by atoms with Crippen LogP contribution in [-0.4, -0.2) is 31.0 Å². The van der Waals surface area contributed by atoms with Gasteiger partial charge in [-0.1, -0.05) is 30.2 Å². The number of carboxylic acid groups (broad SMARTS) is 1. The number of aromatic carboxylic acids is 1. The van der Waals surface area contributed by atoms with Gasteiger partial charge < -0.3 is 5.11 Å². The number of carbonyl (C=O) groups is 1. The average molecular weight is 311 g/mol. The van der Waals surface area contributed by atoms with E-state index in [-0.39, 0.29) is 22.1 Å². The van der Waals surface area contributed by atoms with Crippen molar-refractivity contribution in [3.63, 3.8) is 0 Å². The van der Waals surface area contributed by atoms with E-state index in [1.807, 2.05) is 6.92 Å². The quantitative estimate of drug-likeness (QED) is 0.670. The van der Waals surface area contributed by atoms with Crippen LogP contribution in [0.4, 0.5) is 5.69 Å². The molecule has 0 amide bonds. The Labute approximate surface area is 124 Å². The van der Waals surface area contributed by atoms with E-state index in [0.29, 0.717) is 18.5 Å². The fourth-order valence-electron chi connectivity index (χ4n) is 1.94. The molecule has 110 valence electrons. The molecule has 1 heterocycles. The highest BCUT2D eigenvalue weighted by Gasteiger charge is 2.24. The van der Waals surface area contributed by atoms with Gasteiger partial charge in [0.1, 0.15) is 5.69 Å². The smallest absolute Gasteiger partial charge is 0.358 e. The number of benzene rings is 1. The molecule has 8 nitrogen and oxygen atoms in total. The third-order valence-electron chi connectivity index (χ3n) is 2.81. The summed E-state index contributed by atoms with van der Waals surface area (Å²) in [4.78, 5) is 21.7. The van der Waals surface area contributed by atoms with Crippen molar-refractivity contribution in [1.82, 2.24) is 15.0 Å². The molecule has 21 heavy (non-hydrogen) atoms. The number of aromatic nitrogens is 3. The second-order valence-corrected chi connectivity index (χ2v) is 4.68. The lowest BCUT2D eigenvalue weighted by atomic mass is 10.2. The minimum atomic E-state index is -1.22. The number of nitrogens with zero attached hydrogens (tertiary/aromatic N) is 4. The Bertz CT molecular complexity index is 713. The zero-order chi connectivity index (χ0) is 15.6. The lowest BCUT2D eigenvalue weighted by molar-refractivity contribution is -0.384. The Balaban J connectivity index is 2.67. The van der Waals surface area contributed by atoms with Gasteiger partial charge in [0.05, 0.1) is 10.6 Å². The second kappa shape index (κ2) is 5.88. The molecule has 0 saturated carbocycles. The summed E-state index contributed by atoms with van der Waals surface area (Å²) in [6.07, 6.45) is 1.03. The molecule has 0 aliphatic carbocycles. The van der Waals surface area contributed by atoms with Crippen molar-refractivity contribution in [2.24, 2.45) is 0 Å². The summed E-state index contributed by atoms with van der Waals surface area (Å²) < 4.78 is 1.18. The van der Waals surface area contributed by atoms with Crippen molar-refractivity contribution in [3.05, 3.63) is 44.7 Å². The predicted octanol–water partition coefficient (Wildman–Crippen LogP) is 2.48. The number of hydrogen-bond acceptors (Lipinski definition) is 5. The predicted molar refractivity (Wildman–Crippen MR) is 74.0 cm³/mol. The van der Waals surface area contributed by atoms with Crippen LogP contribution in [0.15, 0.2) is 18.2 Å². The first-order valence-corrected chi connectivity index (χ1v) is 6.45. The Hall–Kier alpha value is -2.48. The average Bonchev–Trinajstić information content (AvgIpc) is 2.83. The van der Waals surface area contributed by atoms with Crippen LogP contribution in [0.25, 0.3) is 5.69 Å². The van der Waals surface area contributed by atoms with Crippen molar-refractivity contribution in [2.75, 3.05) is 0 Å². The molecule has 0 radical (unpaired) electrons. The van der Waals surface area contributed by atoms with E-state index in [4.69, 9.17) is 16.7 Å². The molecule has 0 saturated heterocycles. The van der Waals surface area contributed by atoms with Gasteiger partial charge in [0.15, 0.2) is 5.69 Å². The standard InChI is InChI=1S/C12H11ClN4O4/c1-2-3-9-11(12(18)19)14-15-16(9)8-5-4-7(13)6-10(8)17(20)21/h4-6H,2-3H2,1H3,(H,18,19). The molecule has 1 aromatic carbocycles. The summed E-state index contributed by atoms with van der Waals surface area (Å²) in [6, 6.07) is 4.08. The fourth-order valence-corrected chi connectivity index (χ4v) is 2.11. The molecule has 0 atom stereocenters. The van der Waals surface area contributed by atoms with Crippen LogP contribution in [0, 0.1) is 10.1 Å². The van der Waals surface area contributed by atoms with E-state index in [1.54, 1.807) is 0 Å². The van der Waals surface area contributed by atoms with Crippen molar-refractivity contribution in [1.29, 1.82) is 0 Å². The Kier molecular flexibility index (Phi) is 4.18. The Morgan fingerprint density at radius 3 is 2.81 bits per heavy atom. The molecule has 1 N–H and O–H groups in total. The highest BCUT2D eigenvalue weighted by atomic mass is 35.5. The Morgan fingerprint density at radius 2 is 2.24 bits per heavy atom. The lowest BCUT2D eigenvalue weighted by Crippen LogP contribution is -2.08. The molecule has 0 spiro atoms. The van der Waals surface area contributed by atoms with Gasteiger partial charge in [0.2, 0.25) is 0 Å². The van der Waals surface area contributed by atoms with Crippen molar-refractivity contribution in [2.45, 2.75) is 19.8 Å². The van der Waals surface area contributed by atoms with Crippen molar-refractivity contribution in [3.8, 4) is 5.69 Å². The minimum absolute atomic E-state index is 0.132. The first-order valence-electron chi connectivity index (χ1n) is 6.07. The van der Waals surface area contributed by atoms with Crippen LogP contribution in [0.5, 0.6) is 0 Å². The van der Waals surface area contributed by atoms with Gasteiger partial charge in [0, 0.05) is 11.1 Å². The highest BCUT2D eigenvalue weighted by molar-refractivity contribution is 6.30. The summed E-state index contributed by atoms with van der Waals surface area (Å²) in [5, 5.41) is 27.8. The molecular weight excluding hydrogens is 300 g/mol. The van der Waals surface area contributed by atoms with Gasteiger partial charge in [0.25, 0.3) is 5.69 Å². The van der Waals surface area contributed by atoms with Gasteiger partial charge in [-0.2, -0.15) is 0 Å². The van der Waals surface area contributed by atoms with Crippen LogP contribution >= 0.6 is 11.6 Å². The lowest BCUT2D eigenvalue weighted by Gasteiger charge is -2.07. The third kappa shape index (κ3) is 2.84. The molecule has 0 fully saturated rings. The number of nitro benzene ring substituents is 1. The monoisotopic (exact) mass is 310 g/mol. The van der Waals surface area contributed by atoms with E-state index >= 15 is 0 Å². The van der Waals surface area contributed by atoms with Gasteiger partial charge in [-0.05, 0) is 18.6 Å². The zero-order valence-electron chi connectivity index (χ0n) is 11.0. The SMILES string of the molecule is CCCc1c(C(=O)O)nnn1-c1ccc(Cl)cc1[N+](=O)[O-]. The van der Waals surface area contributed by atoms with Crippen molar-refractivity contribution < 1.29 is 14.8 Å². The first kappa shape index (κ1) is 14.9. The fraction of sp³-hybridized carbons (Fsp3) is 0.250. The number of hydrogen-bond donors (Lipinski definition) is 1. The van der Waals surface area contributed by atoms with E-state index in [1.165, 1.54) is 22.9 Å². The molecule has 2 rings (SSSR count). The van der Waals surface area contributed by atoms with E-state index < -0.39 is 10.9 Å². The molecule has 1 aromatic heterocycles. The summed E-state index contributed by atoms with van der Waals surface area (Å²) in [7, 11) is 0. The molecule has 2 aromatic rings.